The number of thioether (sulfide) groups is 1. The topological polar surface area (TPSA) is 38.9 Å². The number of hydrogen-bond acceptors (Lipinski definition) is 4. The van der Waals surface area contributed by atoms with E-state index < -0.39 is 0 Å². The molecular formula is C12H9ClN2OS. The molecule has 0 bridgehead atoms. The van der Waals surface area contributed by atoms with Gasteiger partial charge in [0, 0.05) is 16.3 Å². The second-order valence-corrected chi connectivity index (χ2v) is 4.51. The van der Waals surface area contributed by atoms with Crippen LogP contribution in [0.5, 0.6) is 0 Å². The molecule has 0 saturated heterocycles. The van der Waals surface area contributed by atoms with Crippen LogP contribution in [-0.2, 0) is 0 Å². The SMILES string of the molecule is C=C=CCSc1nnc(-c2ccc(Cl)cc2)o1. The Hall–Kier alpha value is -1.48. The molecule has 0 N–H and O–H groups in total. The Morgan fingerprint density at radius 2 is 2.12 bits per heavy atom. The van der Waals surface area contributed by atoms with E-state index in [-0.39, 0.29) is 0 Å². The van der Waals surface area contributed by atoms with Crippen molar-refractivity contribution in [3.63, 3.8) is 0 Å². The first-order chi connectivity index (χ1) is 8.29. The maximum Gasteiger partial charge on any atom is 0.277 e. The van der Waals surface area contributed by atoms with Crippen molar-refractivity contribution in [1.29, 1.82) is 0 Å². The van der Waals surface area contributed by atoms with E-state index in [0.29, 0.717) is 21.9 Å². The molecule has 0 unspecified atom stereocenters. The van der Waals surface area contributed by atoms with Crippen LogP contribution in [0.4, 0.5) is 0 Å². The highest BCUT2D eigenvalue weighted by Gasteiger charge is 2.07. The normalized spacial score (nSPS) is 9.94. The van der Waals surface area contributed by atoms with Crippen molar-refractivity contribution in [2.75, 3.05) is 5.75 Å². The fourth-order valence-corrected chi connectivity index (χ4v) is 1.86. The molecule has 1 aromatic heterocycles. The summed E-state index contributed by atoms with van der Waals surface area (Å²) < 4.78 is 5.49. The van der Waals surface area contributed by atoms with Crippen LogP contribution < -0.4 is 0 Å². The van der Waals surface area contributed by atoms with E-state index in [1.165, 1.54) is 11.8 Å². The van der Waals surface area contributed by atoms with Crippen LogP contribution in [0.25, 0.3) is 11.5 Å². The first-order valence-electron chi connectivity index (χ1n) is 4.86. The molecule has 0 aliphatic heterocycles. The molecule has 17 heavy (non-hydrogen) atoms. The quantitative estimate of drug-likeness (QED) is 0.622. The van der Waals surface area contributed by atoms with E-state index >= 15 is 0 Å². The molecule has 86 valence electrons. The standard InChI is InChI=1S/C12H9ClN2OS/c1-2-3-8-17-12-15-14-11(16-12)9-4-6-10(13)7-5-9/h3-7H,1,8H2. The highest BCUT2D eigenvalue weighted by atomic mass is 35.5. The molecule has 2 aromatic rings. The molecular weight excluding hydrogens is 256 g/mol. The van der Waals surface area contributed by atoms with Crippen molar-refractivity contribution in [2.45, 2.75) is 5.22 Å². The molecule has 1 heterocycles. The van der Waals surface area contributed by atoms with Gasteiger partial charge in [-0.1, -0.05) is 29.9 Å². The monoisotopic (exact) mass is 264 g/mol. The van der Waals surface area contributed by atoms with E-state index in [2.05, 4.69) is 22.5 Å². The molecule has 0 atom stereocenters. The lowest BCUT2D eigenvalue weighted by Gasteiger charge is -1.93. The van der Waals surface area contributed by atoms with Gasteiger partial charge in [0.2, 0.25) is 5.89 Å². The summed E-state index contributed by atoms with van der Waals surface area (Å²) in [7, 11) is 0. The first kappa shape index (κ1) is 12.0. The van der Waals surface area contributed by atoms with Crippen LogP contribution >= 0.6 is 23.4 Å². The van der Waals surface area contributed by atoms with Gasteiger partial charge in [0.05, 0.1) is 0 Å². The Morgan fingerprint density at radius 3 is 2.82 bits per heavy atom. The van der Waals surface area contributed by atoms with Crippen LogP contribution in [0.15, 0.2) is 52.3 Å². The Morgan fingerprint density at radius 1 is 1.35 bits per heavy atom. The van der Waals surface area contributed by atoms with Gasteiger partial charge in [-0.05, 0) is 30.3 Å². The summed E-state index contributed by atoms with van der Waals surface area (Å²) in [5.74, 6) is 1.21. The predicted molar refractivity (Wildman–Crippen MR) is 69.2 cm³/mol. The summed E-state index contributed by atoms with van der Waals surface area (Å²) in [6.07, 6.45) is 1.80. The summed E-state index contributed by atoms with van der Waals surface area (Å²) in [6.45, 7) is 3.48. The average Bonchev–Trinajstić information content (AvgIpc) is 2.79. The molecule has 1 aromatic carbocycles. The number of aromatic nitrogens is 2. The van der Waals surface area contributed by atoms with E-state index in [9.17, 15) is 0 Å². The Kier molecular flexibility index (Phi) is 4.04. The van der Waals surface area contributed by atoms with Crippen LogP contribution in [-0.4, -0.2) is 16.0 Å². The Balaban J connectivity index is 2.12. The van der Waals surface area contributed by atoms with E-state index in [1.54, 1.807) is 18.2 Å². The minimum absolute atomic E-state index is 0.492. The molecule has 0 aliphatic rings. The van der Waals surface area contributed by atoms with Crippen molar-refractivity contribution in [3.05, 3.63) is 47.7 Å². The fraction of sp³-hybridized carbons (Fsp3) is 0.0833. The number of rotatable bonds is 4. The molecule has 0 spiro atoms. The van der Waals surface area contributed by atoms with Gasteiger partial charge in [-0.25, -0.2) is 0 Å². The summed E-state index contributed by atoms with van der Waals surface area (Å²) in [4.78, 5) is 0. The highest BCUT2D eigenvalue weighted by molar-refractivity contribution is 7.99. The Bertz CT molecular complexity index is 544. The summed E-state index contributed by atoms with van der Waals surface area (Å²) in [5.41, 5.74) is 3.54. The third kappa shape index (κ3) is 3.24. The van der Waals surface area contributed by atoms with Gasteiger partial charge in [-0.3, -0.25) is 0 Å². The van der Waals surface area contributed by atoms with Gasteiger partial charge in [0.1, 0.15) is 0 Å². The molecule has 0 aliphatic carbocycles. The zero-order valence-electron chi connectivity index (χ0n) is 8.89. The molecule has 0 fully saturated rings. The fourth-order valence-electron chi connectivity index (χ4n) is 1.15. The van der Waals surface area contributed by atoms with Gasteiger partial charge >= 0.3 is 0 Å². The summed E-state index contributed by atoms with van der Waals surface area (Å²) in [6, 6.07) is 7.25. The van der Waals surface area contributed by atoms with Gasteiger partial charge in [0.15, 0.2) is 0 Å². The highest BCUT2D eigenvalue weighted by Crippen LogP contribution is 2.24. The van der Waals surface area contributed by atoms with Gasteiger partial charge < -0.3 is 4.42 Å². The number of benzene rings is 1. The van der Waals surface area contributed by atoms with Gasteiger partial charge in [-0.2, -0.15) is 0 Å². The van der Waals surface area contributed by atoms with E-state index in [0.717, 1.165) is 5.56 Å². The second kappa shape index (κ2) is 5.73. The average molecular weight is 265 g/mol. The molecule has 0 amide bonds. The molecule has 3 nitrogen and oxygen atoms in total. The van der Waals surface area contributed by atoms with Crippen LogP contribution in [0.2, 0.25) is 5.02 Å². The summed E-state index contributed by atoms with van der Waals surface area (Å²) in [5, 5.41) is 9.11. The van der Waals surface area contributed by atoms with Crippen LogP contribution in [0, 0.1) is 0 Å². The maximum absolute atomic E-state index is 5.80. The van der Waals surface area contributed by atoms with Crippen molar-refractivity contribution >= 4 is 23.4 Å². The molecule has 0 saturated carbocycles. The van der Waals surface area contributed by atoms with Crippen molar-refractivity contribution in [3.8, 4) is 11.5 Å². The van der Waals surface area contributed by atoms with E-state index in [1.807, 2.05) is 12.1 Å². The zero-order chi connectivity index (χ0) is 12.1. The van der Waals surface area contributed by atoms with E-state index in [4.69, 9.17) is 16.0 Å². The van der Waals surface area contributed by atoms with Crippen LogP contribution in [0.3, 0.4) is 0 Å². The minimum atomic E-state index is 0.492. The number of hydrogen-bond donors (Lipinski definition) is 0. The first-order valence-corrected chi connectivity index (χ1v) is 6.22. The van der Waals surface area contributed by atoms with Crippen LogP contribution in [0.1, 0.15) is 0 Å². The van der Waals surface area contributed by atoms with Crippen molar-refractivity contribution < 1.29 is 4.42 Å². The summed E-state index contributed by atoms with van der Waals surface area (Å²) >= 11 is 7.24. The lowest BCUT2D eigenvalue weighted by Crippen LogP contribution is -1.76. The predicted octanol–water partition coefficient (Wildman–Crippen LogP) is 3.82. The Labute approximate surface area is 108 Å². The third-order valence-electron chi connectivity index (χ3n) is 1.93. The van der Waals surface area contributed by atoms with Gasteiger partial charge in [0.25, 0.3) is 5.22 Å². The molecule has 5 heteroatoms. The maximum atomic E-state index is 5.80. The minimum Gasteiger partial charge on any atom is -0.411 e. The lowest BCUT2D eigenvalue weighted by atomic mass is 10.2. The molecule has 0 radical (unpaired) electrons. The number of halogens is 1. The number of nitrogens with zero attached hydrogens (tertiary/aromatic N) is 2. The van der Waals surface area contributed by atoms with Gasteiger partial charge in [-0.15, -0.1) is 15.9 Å². The largest absolute Gasteiger partial charge is 0.411 e. The second-order valence-electron chi connectivity index (χ2n) is 3.10. The molecule has 2 rings (SSSR count). The lowest BCUT2D eigenvalue weighted by molar-refractivity contribution is 0.466. The smallest absolute Gasteiger partial charge is 0.277 e. The third-order valence-corrected chi connectivity index (χ3v) is 2.93. The van der Waals surface area contributed by atoms with Crippen molar-refractivity contribution in [2.24, 2.45) is 0 Å². The van der Waals surface area contributed by atoms with Crippen molar-refractivity contribution in [1.82, 2.24) is 10.2 Å². The zero-order valence-corrected chi connectivity index (χ0v) is 10.5.